The van der Waals surface area contributed by atoms with Gasteiger partial charge in [-0.05, 0) is 74.0 Å². The van der Waals surface area contributed by atoms with Gasteiger partial charge in [-0.2, -0.15) is 0 Å². The van der Waals surface area contributed by atoms with Crippen LogP contribution in [0, 0.1) is 10.5 Å². The number of halogens is 1. The molecular weight excluding hydrogens is 473 g/mol. The van der Waals surface area contributed by atoms with Crippen molar-refractivity contribution in [2.75, 3.05) is 6.61 Å². The van der Waals surface area contributed by atoms with Crippen LogP contribution < -0.4 is 10.1 Å². The number of pyridine rings is 1. The summed E-state index contributed by atoms with van der Waals surface area (Å²) in [5.41, 5.74) is 1.58. The number of oxime groups is 1. The average molecular weight is 497 g/mol. The Labute approximate surface area is 179 Å². The molecule has 0 amide bonds. The molecule has 1 heterocycles. The van der Waals surface area contributed by atoms with E-state index in [9.17, 15) is 0 Å². The van der Waals surface area contributed by atoms with Gasteiger partial charge in [0, 0.05) is 15.2 Å². The summed E-state index contributed by atoms with van der Waals surface area (Å²) in [4.78, 5) is 10.1. The van der Waals surface area contributed by atoms with Crippen LogP contribution >= 0.6 is 34.8 Å². The van der Waals surface area contributed by atoms with Crippen LogP contribution in [0.2, 0.25) is 0 Å². The maximum Gasteiger partial charge on any atom is 0.146 e. The standard InChI is InChI=1S/C20H24IN3O2S/c1-6-7-25-23-12-20(4,5)24-19(27)14(3)26-17-8-13(2)18-15(10-17)9-16(21)11-22-18/h6,8-12,14H,1,7H2,2-5H3,(H,24,27). The lowest BCUT2D eigenvalue weighted by atomic mass is 10.1. The first-order chi connectivity index (χ1) is 12.7. The quantitative estimate of drug-likeness (QED) is 0.142. The third-order valence-electron chi connectivity index (χ3n) is 3.68. The normalized spacial score (nSPS) is 12.8. The van der Waals surface area contributed by atoms with Gasteiger partial charge in [-0.3, -0.25) is 4.98 Å². The van der Waals surface area contributed by atoms with Crippen molar-refractivity contribution in [3.05, 3.63) is 46.2 Å². The maximum atomic E-state index is 6.07. The average Bonchev–Trinajstić information content (AvgIpc) is 2.58. The minimum atomic E-state index is -0.463. The zero-order valence-corrected chi connectivity index (χ0v) is 18.9. The van der Waals surface area contributed by atoms with Crippen LogP contribution in [-0.2, 0) is 4.84 Å². The van der Waals surface area contributed by atoms with Gasteiger partial charge in [0.15, 0.2) is 0 Å². The predicted molar refractivity (Wildman–Crippen MR) is 124 cm³/mol. The molecule has 1 aromatic heterocycles. The molecule has 0 aliphatic carbocycles. The molecule has 0 spiro atoms. The number of benzene rings is 1. The molecule has 1 N–H and O–H groups in total. The maximum absolute atomic E-state index is 6.07. The first-order valence-corrected chi connectivity index (χ1v) is 10.0. The number of hydrogen-bond donors (Lipinski definition) is 1. The number of nitrogens with zero attached hydrogens (tertiary/aromatic N) is 2. The number of rotatable bonds is 8. The van der Waals surface area contributed by atoms with Crippen LogP contribution in [0.1, 0.15) is 26.3 Å². The summed E-state index contributed by atoms with van der Waals surface area (Å²) in [7, 11) is 0. The highest BCUT2D eigenvalue weighted by Crippen LogP contribution is 2.25. The van der Waals surface area contributed by atoms with Gasteiger partial charge in [-0.25, -0.2) is 0 Å². The summed E-state index contributed by atoms with van der Waals surface area (Å²) in [6.45, 7) is 11.8. The van der Waals surface area contributed by atoms with Crippen LogP contribution in [-0.4, -0.2) is 34.4 Å². The van der Waals surface area contributed by atoms with Crippen molar-refractivity contribution >= 4 is 56.9 Å². The SMILES string of the molecule is C=CCON=CC(C)(C)NC(=S)C(C)Oc1cc(C)c2ncc(I)cc2c1. The highest BCUT2D eigenvalue weighted by Gasteiger charge is 2.21. The van der Waals surface area contributed by atoms with Crippen LogP contribution in [0.4, 0.5) is 0 Å². The topological polar surface area (TPSA) is 55.7 Å². The Bertz CT molecular complexity index is 868. The number of nitrogens with one attached hydrogen (secondary N) is 1. The van der Waals surface area contributed by atoms with E-state index < -0.39 is 5.54 Å². The molecule has 1 unspecified atom stereocenters. The van der Waals surface area contributed by atoms with Crippen LogP contribution in [0.25, 0.3) is 10.9 Å². The number of aromatic nitrogens is 1. The van der Waals surface area contributed by atoms with Crippen LogP contribution in [0.15, 0.2) is 42.2 Å². The van der Waals surface area contributed by atoms with E-state index in [4.69, 9.17) is 21.8 Å². The zero-order valence-electron chi connectivity index (χ0n) is 16.0. The van der Waals surface area contributed by atoms with Crippen molar-refractivity contribution in [2.45, 2.75) is 39.3 Å². The smallest absolute Gasteiger partial charge is 0.146 e. The number of ether oxygens (including phenoxy) is 1. The second-order valence-electron chi connectivity index (χ2n) is 6.76. The summed E-state index contributed by atoms with van der Waals surface area (Å²) >= 11 is 7.76. The first-order valence-electron chi connectivity index (χ1n) is 8.54. The van der Waals surface area contributed by atoms with E-state index >= 15 is 0 Å². The van der Waals surface area contributed by atoms with Gasteiger partial charge in [0.2, 0.25) is 0 Å². The minimum absolute atomic E-state index is 0.297. The molecule has 7 heteroatoms. The fourth-order valence-corrected chi connectivity index (χ4v) is 3.20. The molecule has 1 aromatic carbocycles. The number of fused-ring (bicyclic) bond motifs is 1. The van der Waals surface area contributed by atoms with E-state index in [1.807, 2.05) is 46.0 Å². The van der Waals surface area contributed by atoms with Gasteiger partial charge in [0.05, 0.1) is 17.3 Å². The molecule has 27 heavy (non-hydrogen) atoms. The lowest BCUT2D eigenvalue weighted by Gasteiger charge is -2.26. The Morgan fingerprint density at radius 1 is 1.44 bits per heavy atom. The summed E-state index contributed by atoms with van der Waals surface area (Å²) in [5, 5.41) is 8.22. The molecule has 0 saturated carbocycles. The second kappa shape index (κ2) is 9.45. The molecule has 2 aromatic rings. The second-order valence-corrected chi connectivity index (χ2v) is 8.44. The zero-order chi connectivity index (χ0) is 20.0. The Morgan fingerprint density at radius 2 is 2.19 bits per heavy atom. The lowest BCUT2D eigenvalue weighted by Crippen LogP contribution is -2.48. The van der Waals surface area contributed by atoms with Gasteiger partial charge in [0.25, 0.3) is 0 Å². The Hall–Kier alpha value is -1.74. The van der Waals surface area contributed by atoms with Crippen molar-refractivity contribution in [1.29, 1.82) is 0 Å². The molecule has 0 radical (unpaired) electrons. The van der Waals surface area contributed by atoms with Crippen LogP contribution in [0.5, 0.6) is 5.75 Å². The lowest BCUT2D eigenvalue weighted by molar-refractivity contribution is 0.174. The molecule has 0 saturated heterocycles. The van der Waals surface area contributed by atoms with E-state index in [0.717, 1.165) is 25.8 Å². The molecule has 0 aliphatic rings. The predicted octanol–water partition coefficient (Wildman–Crippen LogP) is 4.80. The fourth-order valence-electron chi connectivity index (χ4n) is 2.41. The number of hydrogen-bond acceptors (Lipinski definition) is 5. The summed E-state index contributed by atoms with van der Waals surface area (Å²) < 4.78 is 7.16. The fraction of sp³-hybridized carbons (Fsp3) is 0.350. The third kappa shape index (κ3) is 6.42. The van der Waals surface area contributed by atoms with Gasteiger partial charge in [-0.1, -0.05) is 30.0 Å². The van der Waals surface area contributed by atoms with Crippen LogP contribution in [0.3, 0.4) is 0 Å². The van der Waals surface area contributed by atoms with E-state index in [2.05, 4.69) is 50.7 Å². The molecule has 144 valence electrons. The van der Waals surface area contributed by atoms with E-state index in [-0.39, 0.29) is 6.10 Å². The summed E-state index contributed by atoms with van der Waals surface area (Å²) in [6.07, 6.45) is 4.87. The van der Waals surface area contributed by atoms with Gasteiger partial charge < -0.3 is 14.9 Å². The molecule has 2 rings (SSSR count). The molecule has 0 fully saturated rings. The molecule has 0 bridgehead atoms. The molecule has 0 aliphatic heterocycles. The monoisotopic (exact) mass is 497 g/mol. The summed E-state index contributed by atoms with van der Waals surface area (Å²) in [6, 6.07) is 6.07. The molecule has 1 atom stereocenters. The van der Waals surface area contributed by atoms with Gasteiger partial charge >= 0.3 is 0 Å². The van der Waals surface area contributed by atoms with Crippen molar-refractivity contribution in [3.63, 3.8) is 0 Å². The van der Waals surface area contributed by atoms with E-state index in [0.29, 0.717) is 11.6 Å². The Balaban J connectivity index is 2.06. The largest absolute Gasteiger partial charge is 0.484 e. The third-order valence-corrected chi connectivity index (χ3v) is 4.71. The first kappa shape index (κ1) is 21.6. The number of aryl methyl sites for hydroxylation is 1. The Kier molecular flexibility index (Phi) is 7.55. The van der Waals surface area contributed by atoms with E-state index in [1.165, 1.54) is 0 Å². The van der Waals surface area contributed by atoms with Crippen molar-refractivity contribution in [1.82, 2.24) is 10.3 Å². The van der Waals surface area contributed by atoms with Crippen molar-refractivity contribution < 1.29 is 9.57 Å². The molecular formula is C20H24IN3O2S. The molecule has 5 nitrogen and oxygen atoms in total. The van der Waals surface area contributed by atoms with Crippen molar-refractivity contribution in [3.8, 4) is 5.75 Å². The van der Waals surface area contributed by atoms with Crippen molar-refractivity contribution in [2.24, 2.45) is 5.16 Å². The minimum Gasteiger partial charge on any atom is -0.484 e. The Morgan fingerprint density at radius 3 is 2.89 bits per heavy atom. The highest BCUT2D eigenvalue weighted by molar-refractivity contribution is 14.1. The van der Waals surface area contributed by atoms with Gasteiger partial charge in [-0.15, -0.1) is 0 Å². The van der Waals surface area contributed by atoms with Gasteiger partial charge in [0.1, 0.15) is 23.4 Å². The summed E-state index contributed by atoms with van der Waals surface area (Å²) in [5.74, 6) is 0.765. The highest BCUT2D eigenvalue weighted by atomic mass is 127. The number of thiocarbonyl (C=S) groups is 1. The van der Waals surface area contributed by atoms with E-state index in [1.54, 1.807) is 12.3 Å².